The number of halogens is 1. The maximum Gasteiger partial charge on any atom is 0.282 e. The van der Waals surface area contributed by atoms with Crippen LogP contribution in [0.5, 0.6) is 0 Å². The number of hydrogen-bond acceptors (Lipinski definition) is 4. The first-order chi connectivity index (χ1) is 7.58. The minimum Gasteiger partial charge on any atom is -0.370 e. The van der Waals surface area contributed by atoms with Crippen molar-refractivity contribution in [1.29, 1.82) is 0 Å². The van der Waals surface area contributed by atoms with E-state index < -0.39 is 0 Å². The summed E-state index contributed by atoms with van der Waals surface area (Å²) >= 11 is 1.99. The van der Waals surface area contributed by atoms with E-state index in [9.17, 15) is 10.1 Å². The molecule has 0 spiro atoms. The molecule has 1 atom stereocenters. The second kappa shape index (κ2) is 4.54. The monoisotopic (exact) mass is 333 g/mol. The van der Waals surface area contributed by atoms with Crippen LogP contribution in [-0.2, 0) is 0 Å². The van der Waals surface area contributed by atoms with Gasteiger partial charge in [0.05, 0.1) is 8.49 Å². The van der Waals surface area contributed by atoms with E-state index in [2.05, 4.69) is 4.90 Å². The fourth-order valence-corrected chi connectivity index (χ4v) is 2.56. The highest BCUT2D eigenvalue weighted by atomic mass is 127. The molecule has 0 bridgehead atoms. The summed E-state index contributed by atoms with van der Waals surface area (Å²) in [4.78, 5) is 12.5. The Hall–Kier alpha value is -0.890. The number of hydrogen-bond donors (Lipinski definition) is 1. The van der Waals surface area contributed by atoms with Crippen LogP contribution in [0.3, 0.4) is 0 Å². The molecular formula is C10H12IN3O2. The molecule has 1 heterocycles. The van der Waals surface area contributed by atoms with E-state index in [-0.39, 0.29) is 16.7 Å². The molecule has 6 heteroatoms. The van der Waals surface area contributed by atoms with E-state index in [1.165, 1.54) is 0 Å². The predicted octanol–water partition coefficient (Wildman–Crippen LogP) is 1.74. The van der Waals surface area contributed by atoms with Crippen molar-refractivity contribution in [2.75, 3.05) is 18.0 Å². The van der Waals surface area contributed by atoms with Crippen molar-refractivity contribution in [2.24, 2.45) is 5.73 Å². The summed E-state index contributed by atoms with van der Waals surface area (Å²) in [7, 11) is 0. The van der Waals surface area contributed by atoms with Gasteiger partial charge in [-0.1, -0.05) is 0 Å². The molecule has 5 nitrogen and oxygen atoms in total. The van der Waals surface area contributed by atoms with Crippen LogP contribution in [-0.4, -0.2) is 24.1 Å². The molecule has 0 radical (unpaired) electrons. The zero-order chi connectivity index (χ0) is 11.7. The largest absolute Gasteiger partial charge is 0.370 e. The highest BCUT2D eigenvalue weighted by molar-refractivity contribution is 14.1. The van der Waals surface area contributed by atoms with Crippen molar-refractivity contribution < 1.29 is 4.92 Å². The summed E-state index contributed by atoms with van der Waals surface area (Å²) in [6.45, 7) is 1.75. The van der Waals surface area contributed by atoms with Gasteiger partial charge in [0.25, 0.3) is 5.69 Å². The normalized spacial score (nSPS) is 20.1. The van der Waals surface area contributed by atoms with Crippen molar-refractivity contribution in [3.63, 3.8) is 0 Å². The average Bonchev–Trinajstić information content (AvgIpc) is 2.64. The molecule has 1 aromatic rings. The summed E-state index contributed by atoms with van der Waals surface area (Å²) < 4.78 is 0.667. The van der Waals surface area contributed by atoms with Crippen LogP contribution in [0.4, 0.5) is 11.4 Å². The predicted molar refractivity (Wildman–Crippen MR) is 70.6 cm³/mol. The van der Waals surface area contributed by atoms with Gasteiger partial charge in [-0.25, -0.2) is 0 Å². The quantitative estimate of drug-likeness (QED) is 0.508. The van der Waals surface area contributed by atoms with Crippen LogP contribution in [0, 0.1) is 13.7 Å². The Balaban J connectivity index is 2.24. The molecule has 1 aliphatic rings. The van der Waals surface area contributed by atoms with Crippen LogP contribution in [0.1, 0.15) is 6.42 Å². The van der Waals surface area contributed by atoms with Gasteiger partial charge in [0.15, 0.2) is 0 Å². The summed E-state index contributed by atoms with van der Waals surface area (Å²) in [6, 6.07) is 5.41. The molecule has 1 aromatic carbocycles. The van der Waals surface area contributed by atoms with E-state index in [4.69, 9.17) is 5.73 Å². The first-order valence-corrected chi connectivity index (χ1v) is 6.10. The third-order valence-corrected chi connectivity index (χ3v) is 3.58. The smallest absolute Gasteiger partial charge is 0.282 e. The van der Waals surface area contributed by atoms with Crippen molar-refractivity contribution in [1.82, 2.24) is 0 Å². The Bertz CT molecular complexity index is 425. The molecule has 0 aliphatic carbocycles. The number of benzene rings is 1. The molecule has 2 rings (SSSR count). The van der Waals surface area contributed by atoms with Crippen LogP contribution in [0.25, 0.3) is 0 Å². The molecular weight excluding hydrogens is 321 g/mol. The fourth-order valence-electron chi connectivity index (χ4n) is 1.86. The molecule has 0 saturated carbocycles. The van der Waals surface area contributed by atoms with Gasteiger partial charge in [-0.05, 0) is 41.1 Å². The van der Waals surface area contributed by atoms with Crippen LogP contribution < -0.4 is 10.6 Å². The molecule has 1 aliphatic heterocycles. The first-order valence-electron chi connectivity index (χ1n) is 5.02. The van der Waals surface area contributed by atoms with Gasteiger partial charge >= 0.3 is 0 Å². The molecule has 86 valence electrons. The zero-order valence-electron chi connectivity index (χ0n) is 8.60. The van der Waals surface area contributed by atoms with Gasteiger partial charge in [-0.3, -0.25) is 10.1 Å². The van der Waals surface area contributed by atoms with Gasteiger partial charge < -0.3 is 10.6 Å². The SMILES string of the molecule is NC1CCN(c2ccc([N+](=O)[O-])c(I)c2)C1. The Kier molecular flexibility index (Phi) is 3.29. The Morgan fingerprint density at radius 3 is 2.81 bits per heavy atom. The second-order valence-corrected chi connectivity index (χ2v) is 5.05. The van der Waals surface area contributed by atoms with Gasteiger partial charge in [0, 0.05) is 30.9 Å². The lowest BCUT2D eigenvalue weighted by molar-refractivity contribution is -0.385. The standard InChI is InChI=1S/C10H12IN3O2/c11-9-5-8(1-2-10(9)14(15)16)13-4-3-7(12)6-13/h1-2,5,7H,3-4,6,12H2. The highest BCUT2D eigenvalue weighted by Gasteiger charge is 2.21. The van der Waals surface area contributed by atoms with E-state index in [0.29, 0.717) is 3.57 Å². The number of nitrogens with zero attached hydrogens (tertiary/aromatic N) is 2. The maximum absolute atomic E-state index is 10.7. The van der Waals surface area contributed by atoms with Crippen LogP contribution in [0.15, 0.2) is 18.2 Å². The fraction of sp³-hybridized carbons (Fsp3) is 0.400. The van der Waals surface area contributed by atoms with Crippen LogP contribution in [0.2, 0.25) is 0 Å². The van der Waals surface area contributed by atoms with Gasteiger partial charge in [-0.15, -0.1) is 0 Å². The van der Waals surface area contributed by atoms with E-state index in [1.54, 1.807) is 12.1 Å². The molecule has 1 fully saturated rings. The highest BCUT2D eigenvalue weighted by Crippen LogP contribution is 2.27. The Morgan fingerprint density at radius 1 is 1.56 bits per heavy atom. The number of anilines is 1. The van der Waals surface area contributed by atoms with Gasteiger partial charge in [0.2, 0.25) is 0 Å². The van der Waals surface area contributed by atoms with Crippen molar-refractivity contribution in [2.45, 2.75) is 12.5 Å². The topological polar surface area (TPSA) is 72.4 Å². The Morgan fingerprint density at radius 2 is 2.31 bits per heavy atom. The average molecular weight is 333 g/mol. The number of rotatable bonds is 2. The zero-order valence-corrected chi connectivity index (χ0v) is 10.8. The van der Waals surface area contributed by atoms with E-state index in [0.717, 1.165) is 25.2 Å². The lowest BCUT2D eigenvalue weighted by Crippen LogP contribution is -2.26. The number of nitro groups is 1. The van der Waals surface area contributed by atoms with Crippen molar-refractivity contribution in [3.8, 4) is 0 Å². The second-order valence-electron chi connectivity index (χ2n) is 3.89. The summed E-state index contributed by atoms with van der Waals surface area (Å²) in [5, 5.41) is 10.7. The lowest BCUT2D eigenvalue weighted by atomic mass is 10.2. The number of nitrogens with two attached hydrogens (primary N) is 1. The minimum atomic E-state index is -0.360. The lowest BCUT2D eigenvalue weighted by Gasteiger charge is -2.18. The molecule has 1 unspecified atom stereocenters. The molecule has 0 amide bonds. The van der Waals surface area contributed by atoms with E-state index >= 15 is 0 Å². The van der Waals surface area contributed by atoms with Crippen molar-refractivity contribution in [3.05, 3.63) is 31.9 Å². The summed E-state index contributed by atoms with van der Waals surface area (Å²) in [5.41, 5.74) is 7.00. The van der Waals surface area contributed by atoms with Gasteiger partial charge in [0.1, 0.15) is 0 Å². The summed E-state index contributed by atoms with van der Waals surface area (Å²) in [5.74, 6) is 0. The molecule has 16 heavy (non-hydrogen) atoms. The first kappa shape index (κ1) is 11.6. The minimum absolute atomic E-state index is 0.160. The maximum atomic E-state index is 10.7. The van der Waals surface area contributed by atoms with Crippen molar-refractivity contribution >= 4 is 34.0 Å². The third-order valence-electron chi connectivity index (χ3n) is 2.72. The third kappa shape index (κ3) is 2.27. The van der Waals surface area contributed by atoms with Gasteiger partial charge in [-0.2, -0.15) is 0 Å². The van der Waals surface area contributed by atoms with Crippen LogP contribution >= 0.6 is 22.6 Å². The summed E-state index contributed by atoms with van der Waals surface area (Å²) in [6.07, 6.45) is 0.980. The molecule has 0 aromatic heterocycles. The van der Waals surface area contributed by atoms with E-state index in [1.807, 2.05) is 28.7 Å². The number of nitro benzene ring substituents is 1. The Labute approximate surface area is 107 Å². The molecule has 2 N–H and O–H groups in total. The molecule has 1 saturated heterocycles.